The number of hydrogen-bond acceptors (Lipinski definition) is 4. The number of thiophene rings is 1. The second kappa shape index (κ2) is 8.39. The van der Waals surface area contributed by atoms with E-state index in [9.17, 15) is 13.6 Å². The third kappa shape index (κ3) is 5.00. The molecule has 1 aromatic carbocycles. The van der Waals surface area contributed by atoms with E-state index in [-0.39, 0.29) is 11.7 Å². The number of nitrogens with zero attached hydrogens (tertiary/aromatic N) is 2. The minimum absolute atomic E-state index is 0.0686. The summed E-state index contributed by atoms with van der Waals surface area (Å²) in [6.07, 6.45) is 4.57. The minimum atomic E-state index is -2.86. The molecule has 0 saturated heterocycles. The number of rotatable bonds is 7. The second-order valence-electron chi connectivity index (χ2n) is 5.22. The minimum Gasteiger partial charge on any atom is -0.435 e. The third-order valence-electron chi connectivity index (χ3n) is 3.39. The first-order chi connectivity index (χ1) is 12.6. The van der Waals surface area contributed by atoms with Gasteiger partial charge < -0.3 is 10.1 Å². The van der Waals surface area contributed by atoms with Crippen molar-refractivity contribution in [2.45, 2.75) is 13.2 Å². The summed E-state index contributed by atoms with van der Waals surface area (Å²) in [5, 5.41) is 8.95. The molecule has 0 unspecified atom stereocenters. The molecule has 0 atom stereocenters. The van der Waals surface area contributed by atoms with E-state index in [1.807, 2.05) is 17.5 Å². The fourth-order valence-corrected chi connectivity index (χ4v) is 2.90. The van der Waals surface area contributed by atoms with Crippen LogP contribution in [-0.2, 0) is 11.3 Å². The number of benzene rings is 1. The van der Waals surface area contributed by atoms with Crippen molar-refractivity contribution in [3.05, 3.63) is 70.6 Å². The van der Waals surface area contributed by atoms with Gasteiger partial charge in [-0.2, -0.15) is 13.9 Å². The molecule has 2 heterocycles. The number of ether oxygens (including phenoxy) is 1. The number of amides is 1. The summed E-state index contributed by atoms with van der Waals surface area (Å²) in [6, 6.07) is 11.7. The molecule has 8 heteroatoms. The van der Waals surface area contributed by atoms with Gasteiger partial charge in [0, 0.05) is 17.0 Å². The highest BCUT2D eigenvalue weighted by atomic mass is 32.1. The van der Waals surface area contributed by atoms with Crippen molar-refractivity contribution in [2.75, 3.05) is 5.32 Å². The molecule has 3 aromatic rings. The van der Waals surface area contributed by atoms with Crippen LogP contribution in [0.25, 0.3) is 6.08 Å². The van der Waals surface area contributed by atoms with Crippen molar-refractivity contribution in [2.24, 2.45) is 0 Å². The first-order valence-electron chi connectivity index (χ1n) is 7.68. The van der Waals surface area contributed by atoms with Gasteiger partial charge in [-0.3, -0.25) is 4.79 Å². The zero-order valence-corrected chi connectivity index (χ0v) is 14.3. The predicted molar refractivity (Wildman–Crippen MR) is 96.4 cm³/mol. The van der Waals surface area contributed by atoms with E-state index >= 15 is 0 Å². The predicted octanol–water partition coefficient (Wildman–Crippen LogP) is 4.25. The Morgan fingerprint density at radius 1 is 1.27 bits per heavy atom. The second-order valence-corrected chi connectivity index (χ2v) is 6.26. The highest BCUT2D eigenvalue weighted by Crippen LogP contribution is 2.16. The van der Waals surface area contributed by atoms with Crippen LogP contribution in [0.15, 0.2) is 60.1 Å². The summed E-state index contributed by atoms with van der Waals surface area (Å²) < 4.78 is 30.2. The zero-order chi connectivity index (χ0) is 18.4. The van der Waals surface area contributed by atoms with Crippen LogP contribution >= 0.6 is 11.3 Å². The topological polar surface area (TPSA) is 56.1 Å². The number of hydrogen-bond donors (Lipinski definition) is 1. The van der Waals surface area contributed by atoms with Gasteiger partial charge in [0.15, 0.2) is 0 Å². The summed E-state index contributed by atoms with van der Waals surface area (Å²) in [7, 11) is 0. The maximum absolute atomic E-state index is 12.1. The molecule has 134 valence electrons. The highest BCUT2D eigenvalue weighted by molar-refractivity contribution is 7.09. The fraction of sp³-hybridized carbons (Fsp3) is 0.111. The molecule has 1 N–H and O–H groups in total. The molecule has 0 radical (unpaired) electrons. The van der Waals surface area contributed by atoms with Crippen LogP contribution in [0.2, 0.25) is 0 Å². The molecular formula is C18H15F2N3O2S. The summed E-state index contributed by atoms with van der Waals surface area (Å²) >= 11 is 1.62. The molecule has 0 fully saturated rings. The van der Waals surface area contributed by atoms with Gasteiger partial charge >= 0.3 is 6.61 Å². The number of alkyl halides is 2. The third-order valence-corrected chi connectivity index (χ3v) is 4.25. The van der Waals surface area contributed by atoms with E-state index in [0.29, 0.717) is 17.9 Å². The van der Waals surface area contributed by atoms with Crippen molar-refractivity contribution in [1.82, 2.24) is 9.78 Å². The van der Waals surface area contributed by atoms with Gasteiger partial charge in [0.2, 0.25) is 5.91 Å². The highest BCUT2D eigenvalue weighted by Gasteiger charge is 2.07. The summed E-state index contributed by atoms with van der Waals surface area (Å²) in [5.41, 5.74) is 0.689. The van der Waals surface area contributed by atoms with Gasteiger partial charge in [0.25, 0.3) is 0 Å². The Kier molecular flexibility index (Phi) is 5.75. The Balaban J connectivity index is 1.59. The van der Waals surface area contributed by atoms with Gasteiger partial charge in [-0.25, -0.2) is 4.68 Å². The number of halogens is 2. The summed E-state index contributed by atoms with van der Waals surface area (Å²) in [5.74, 6) is 0.346. The SMILES string of the molecule is O=C(/C=C/c1ccc(OC(F)F)cc1)Nc1ccnn1Cc1cccs1. The molecule has 0 aliphatic carbocycles. The van der Waals surface area contributed by atoms with Crippen molar-refractivity contribution in [1.29, 1.82) is 0 Å². The Bertz CT molecular complexity index is 874. The largest absolute Gasteiger partial charge is 0.435 e. The van der Waals surface area contributed by atoms with E-state index in [2.05, 4.69) is 15.2 Å². The number of nitrogens with one attached hydrogen (secondary N) is 1. The number of anilines is 1. The van der Waals surface area contributed by atoms with Gasteiger partial charge in [-0.1, -0.05) is 18.2 Å². The summed E-state index contributed by atoms with van der Waals surface area (Å²) in [6.45, 7) is -2.28. The van der Waals surface area contributed by atoms with Crippen molar-refractivity contribution < 1.29 is 18.3 Å². The molecule has 3 rings (SSSR count). The zero-order valence-electron chi connectivity index (χ0n) is 13.5. The van der Waals surface area contributed by atoms with Crippen molar-refractivity contribution in [3.8, 4) is 5.75 Å². The van der Waals surface area contributed by atoms with Crippen molar-refractivity contribution in [3.63, 3.8) is 0 Å². The number of aromatic nitrogens is 2. The average molecular weight is 375 g/mol. The van der Waals surface area contributed by atoms with E-state index in [1.54, 1.807) is 46.5 Å². The summed E-state index contributed by atoms with van der Waals surface area (Å²) in [4.78, 5) is 13.2. The van der Waals surface area contributed by atoms with Gasteiger partial charge in [-0.15, -0.1) is 11.3 Å². The molecule has 5 nitrogen and oxygen atoms in total. The average Bonchev–Trinajstić information content (AvgIpc) is 3.27. The van der Waals surface area contributed by atoms with Crippen LogP contribution in [0.4, 0.5) is 14.6 Å². The molecular weight excluding hydrogens is 360 g/mol. The van der Waals surface area contributed by atoms with Gasteiger partial charge in [-0.05, 0) is 35.2 Å². The normalized spacial score (nSPS) is 11.2. The first-order valence-corrected chi connectivity index (χ1v) is 8.56. The molecule has 1 amide bonds. The van der Waals surface area contributed by atoms with Crippen LogP contribution in [-0.4, -0.2) is 22.3 Å². The maximum Gasteiger partial charge on any atom is 0.387 e. The first kappa shape index (κ1) is 17.8. The smallest absolute Gasteiger partial charge is 0.387 e. The lowest BCUT2D eigenvalue weighted by Gasteiger charge is -2.06. The van der Waals surface area contributed by atoms with Crippen LogP contribution in [0.1, 0.15) is 10.4 Å². The van der Waals surface area contributed by atoms with Crippen molar-refractivity contribution >= 4 is 29.1 Å². The van der Waals surface area contributed by atoms with Crippen LogP contribution < -0.4 is 10.1 Å². The Labute approximate surface area is 152 Å². The molecule has 2 aromatic heterocycles. The van der Waals surface area contributed by atoms with E-state index < -0.39 is 6.61 Å². The Hall–Kier alpha value is -3.00. The fourth-order valence-electron chi connectivity index (χ4n) is 2.22. The standard InChI is InChI=1S/C18H15F2N3O2S/c19-18(20)25-14-6-3-13(4-7-14)5-8-17(24)22-16-9-10-21-23(16)12-15-2-1-11-26-15/h1-11,18H,12H2,(H,22,24)/b8-5+. The molecule has 0 spiro atoms. The monoisotopic (exact) mass is 375 g/mol. The van der Waals surface area contributed by atoms with Gasteiger partial charge in [0.05, 0.1) is 12.7 Å². The quantitative estimate of drug-likeness (QED) is 0.628. The van der Waals surface area contributed by atoms with Crippen LogP contribution in [0, 0.1) is 0 Å². The Morgan fingerprint density at radius 3 is 2.77 bits per heavy atom. The molecule has 0 saturated carbocycles. The molecule has 0 aliphatic rings. The number of carbonyl (C=O) groups is 1. The van der Waals surface area contributed by atoms with E-state index in [1.165, 1.54) is 18.2 Å². The lowest BCUT2D eigenvalue weighted by molar-refractivity contribution is -0.111. The van der Waals surface area contributed by atoms with Crippen LogP contribution in [0.3, 0.4) is 0 Å². The number of carbonyl (C=O) groups excluding carboxylic acids is 1. The molecule has 0 aliphatic heterocycles. The lowest BCUT2D eigenvalue weighted by Crippen LogP contribution is -2.13. The Morgan fingerprint density at radius 2 is 2.08 bits per heavy atom. The van der Waals surface area contributed by atoms with E-state index in [0.717, 1.165) is 4.88 Å². The van der Waals surface area contributed by atoms with Gasteiger partial charge in [0.1, 0.15) is 11.6 Å². The molecule has 0 bridgehead atoms. The van der Waals surface area contributed by atoms with Crippen LogP contribution in [0.5, 0.6) is 5.75 Å². The maximum atomic E-state index is 12.1. The lowest BCUT2D eigenvalue weighted by atomic mass is 10.2. The molecule has 26 heavy (non-hydrogen) atoms. The van der Waals surface area contributed by atoms with E-state index in [4.69, 9.17) is 0 Å².